The highest BCUT2D eigenvalue weighted by Crippen LogP contribution is 2.19. The molecule has 0 aromatic carbocycles. The van der Waals surface area contributed by atoms with Gasteiger partial charge in [0.1, 0.15) is 0 Å². The van der Waals surface area contributed by atoms with Gasteiger partial charge < -0.3 is 5.32 Å². The van der Waals surface area contributed by atoms with Gasteiger partial charge in [-0.05, 0) is 27.2 Å². The summed E-state index contributed by atoms with van der Waals surface area (Å²) in [5.41, 5.74) is 2.39. The lowest BCUT2D eigenvalue weighted by atomic mass is 10.2. The summed E-state index contributed by atoms with van der Waals surface area (Å²) in [7, 11) is 1.98. The third-order valence-corrected chi connectivity index (χ3v) is 3.54. The van der Waals surface area contributed by atoms with Crippen molar-refractivity contribution in [3.05, 3.63) is 11.9 Å². The van der Waals surface area contributed by atoms with E-state index in [2.05, 4.69) is 36.1 Å². The summed E-state index contributed by atoms with van der Waals surface area (Å²) < 4.78 is 1.91. The van der Waals surface area contributed by atoms with E-state index in [1.54, 1.807) is 0 Å². The molecule has 1 aromatic rings. The van der Waals surface area contributed by atoms with Crippen LogP contribution in [0.1, 0.15) is 26.0 Å². The van der Waals surface area contributed by atoms with Crippen LogP contribution in [0.3, 0.4) is 0 Å². The highest BCUT2D eigenvalue weighted by Gasteiger charge is 2.24. The monoisotopic (exact) mass is 222 g/mol. The summed E-state index contributed by atoms with van der Waals surface area (Å²) in [4.78, 5) is 2.52. The zero-order chi connectivity index (χ0) is 11.7. The Labute approximate surface area is 97.6 Å². The summed E-state index contributed by atoms with van der Waals surface area (Å²) in [6.07, 6.45) is 3.15. The van der Waals surface area contributed by atoms with Crippen molar-refractivity contribution < 1.29 is 0 Å². The van der Waals surface area contributed by atoms with Gasteiger partial charge in [0.2, 0.25) is 0 Å². The topological polar surface area (TPSA) is 33.1 Å². The highest BCUT2D eigenvalue weighted by atomic mass is 15.3. The van der Waals surface area contributed by atoms with Crippen molar-refractivity contribution in [2.45, 2.75) is 39.3 Å². The summed E-state index contributed by atoms with van der Waals surface area (Å²) >= 11 is 0. The zero-order valence-corrected chi connectivity index (χ0v) is 10.7. The molecular weight excluding hydrogens is 200 g/mol. The van der Waals surface area contributed by atoms with Crippen molar-refractivity contribution in [1.29, 1.82) is 0 Å². The first kappa shape index (κ1) is 11.5. The minimum Gasteiger partial charge on any atom is -0.378 e. The van der Waals surface area contributed by atoms with Gasteiger partial charge in [-0.2, -0.15) is 5.10 Å². The maximum absolute atomic E-state index is 4.25. The van der Waals surface area contributed by atoms with Crippen molar-refractivity contribution >= 4 is 5.69 Å². The van der Waals surface area contributed by atoms with Crippen molar-refractivity contribution in [2.24, 2.45) is 7.05 Å². The fraction of sp³-hybridized carbons (Fsp3) is 0.750. The standard InChI is InChI=1S/C12H22N4/c1-9(2)16-6-5-11(8-16)14-12-7-13-15(4)10(12)3/h7,9,11,14H,5-6,8H2,1-4H3. The van der Waals surface area contributed by atoms with Crippen LogP contribution in [-0.4, -0.2) is 39.9 Å². The maximum atomic E-state index is 4.25. The Morgan fingerprint density at radius 1 is 1.50 bits per heavy atom. The number of aryl methyl sites for hydroxylation is 1. The molecule has 4 nitrogen and oxygen atoms in total. The van der Waals surface area contributed by atoms with Gasteiger partial charge in [0.05, 0.1) is 17.6 Å². The first-order chi connectivity index (χ1) is 7.58. The van der Waals surface area contributed by atoms with E-state index >= 15 is 0 Å². The van der Waals surface area contributed by atoms with Crippen LogP contribution in [0.15, 0.2) is 6.20 Å². The molecule has 4 heteroatoms. The molecule has 1 aliphatic rings. The van der Waals surface area contributed by atoms with Crippen LogP contribution in [0.2, 0.25) is 0 Å². The SMILES string of the molecule is Cc1c(NC2CCN(C(C)C)C2)cnn1C. The Morgan fingerprint density at radius 3 is 2.75 bits per heavy atom. The van der Waals surface area contributed by atoms with Gasteiger partial charge in [0, 0.05) is 32.2 Å². The van der Waals surface area contributed by atoms with Gasteiger partial charge in [-0.1, -0.05) is 0 Å². The molecule has 0 amide bonds. The van der Waals surface area contributed by atoms with Crippen LogP contribution in [0.25, 0.3) is 0 Å². The van der Waals surface area contributed by atoms with Crippen LogP contribution >= 0.6 is 0 Å². The van der Waals surface area contributed by atoms with Gasteiger partial charge in [0.15, 0.2) is 0 Å². The molecule has 1 atom stereocenters. The fourth-order valence-electron chi connectivity index (χ4n) is 2.23. The Bertz CT molecular complexity index is 356. The Morgan fingerprint density at radius 2 is 2.25 bits per heavy atom. The molecule has 1 aromatic heterocycles. The largest absolute Gasteiger partial charge is 0.378 e. The molecule has 1 fully saturated rings. The molecule has 1 aliphatic heterocycles. The number of nitrogens with one attached hydrogen (secondary N) is 1. The van der Waals surface area contributed by atoms with Crippen molar-refractivity contribution in [2.75, 3.05) is 18.4 Å². The fourth-order valence-corrected chi connectivity index (χ4v) is 2.23. The average Bonchev–Trinajstić information content (AvgIpc) is 2.81. The second-order valence-electron chi connectivity index (χ2n) is 4.99. The van der Waals surface area contributed by atoms with Gasteiger partial charge in [-0.3, -0.25) is 9.58 Å². The third-order valence-electron chi connectivity index (χ3n) is 3.54. The Balaban J connectivity index is 1.94. The number of rotatable bonds is 3. The predicted octanol–water partition coefficient (Wildman–Crippen LogP) is 1.62. The molecule has 0 saturated carbocycles. The van der Waals surface area contributed by atoms with Crippen LogP contribution < -0.4 is 5.32 Å². The number of nitrogens with zero attached hydrogens (tertiary/aromatic N) is 3. The Kier molecular flexibility index (Phi) is 3.19. The molecule has 0 radical (unpaired) electrons. The number of aromatic nitrogens is 2. The number of anilines is 1. The normalized spacial score (nSPS) is 21.9. The third kappa shape index (κ3) is 2.21. The van der Waals surface area contributed by atoms with Crippen molar-refractivity contribution in [1.82, 2.24) is 14.7 Å². The van der Waals surface area contributed by atoms with Crippen molar-refractivity contribution in [3.8, 4) is 0 Å². The van der Waals surface area contributed by atoms with Crippen LogP contribution in [0, 0.1) is 6.92 Å². The molecule has 0 spiro atoms. The number of hydrogen-bond donors (Lipinski definition) is 1. The van der Waals surface area contributed by atoms with Gasteiger partial charge in [-0.15, -0.1) is 0 Å². The molecule has 16 heavy (non-hydrogen) atoms. The van der Waals surface area contributed by atoms with Crippen LogP contribution in [0.4, 0.5) is 5.69 Å². The van der Waals surface area contributed by atoms with Gasteiger partial charge in [0.25, 0.3) is 0 Å². The van der Waals surface area contributed by atoms with E-state index in [4.69, 9.17) is 0 Å². The van der Waals surface area contributed by atoms with Crippen LogP contribution in [0.5, 0.6) is 0 Å². The molecular formula is C12H22N4. The average molecular weight is 222 g/mol. The molecule has 1 N–H and O–H groups in total. The molecule has 90 valence electrons. The minimum atomic E-state index is 0.574. The molecule has 1 saturated heterocycles. The number of likely N-dealkylation sites (tertiary alicyclic amines) is 1. The first-order valence-electron chi connectivity index (χ1n) is 6.07. The smallest absolute Gasteiger partial charge is 0.0758 e. The molecule has 0 bridgehead atoms. The van der Waals surface area contributed by atoms with E-state index in [9.17, 15) is 0 Å². The predicted molar refractivity (Wildman–Crippen MR) is 66.7 cm³/mol. The van der Waals surface area contributed by atoms with E-state index in [-0.39, 0.29) is 0 Å². The second kappa shape index (κ2) is 4.45. The summed E-state index contributed by atoms with van der Waals surface area (Å²) in [6, 6.07) is 1.23. The quantitative estimate of drug-likeness (QED) is 0.843. The summed E-state index contributed by atoms with van der Waals surface area (Å²) in [5.74, 6) is 0. The minimum absolute atomic E-state index is 0.574. The molecule has 2 heterocycles. The first-order valence-corrected chi connectivity index (χ1v) is 6.07. The van der Waals surface area contributed by atoms with E-state index in [0.29, 0.717) is 12.1 Å². The van der Waals surface area contributed by atoms with E-state index in [0.717, 1.165) is 6.54 Å². The molecule has 2 rings (SSSR count). The van der Waals surface area contributed by atoms with E-state index in [1.807, 2.05) is 17.9 Å². The van der Waals surface area contributed by atoms with Crippen LogP contribution in [-0.2, 0) is 7.05 Å². The lowest BCUT2D eigenvalue weighted by Gasteiger charge is -2.20. The lowest BCUT2D eigenvalue weighted by molar-refractivity contribution is 0.274. The lowest BCUT2D eigenvalue weighted by Crippen LogP contribution is -2.31. The van der Waals surface area contributed by atoms with E-state index < -0.39 is 0 Å². The highest BCUT2D eigenvalue weighted by molar-refractivity contribution is 5.46. The van der Waals surface area contributed by atoms with Gasteiger partial charge >= 0.3 is 0 Å². The zero-order valence-electron chi connectivity index (χ0n) is 10.7. The Hall–Kier alpha value is -1.03. The summed E-state index contributed by atoms with van der Waals surface area (Å²) in [5, 5.41) is 7.84. The summed E-state index contributed by atoms with van der Waals surface area (Å²) in [6.45, 7) is 8.97. The van der Waals surface area contributed by atoms with E-state index in [1.165, 1.54) is 24.3 Å². The molecule has 1 unspecified atom stereocenters. The number of hydrogen-bond acceptors (Lipinski definition) is 3. The second-order valence-corrected chi connectivity index (χ2v) is 4.99. The van der Waals surface area contributed by atoms with Gasteiger partial charge in [-0.25, -0.2) is 0 Å². The molecule has 0 aliphatic carbocycles. The maximum Gasteiger partial charge on any atom is 0.0758 e. The van der Waals surface area contributed by atoms with Crippen molar-refractivity contribution in [3.63, 3.8) is 0 Å².